The first-order valence-electron chi connectivity index (χ1n) is 7.59. The molecule has 4 nitrogen and oxygen atoms in total. The summed E-state index contributed by atoms with van der Waals surface area (Å²) in [5, 5.41) is 2.88. The van der Waals surface area contributed by atoms with Crippen LogP contribution < -0.4 is 15.8 Å². The molecule has 3 N–H and O–H groups in total. The summed E-state index contributed by atoms with van der Waals surface area (Å²) >= 11 is 0. The smallest absolute Gasteiger partial charge is 0.251 e. The summed E-state index contributed by atoms with van der Waals surface area (Å²) in [6.45, 7) is 0.533. The van der Waals surface area contributed by atoms with Crippen molar-refractivity contribution in [3.8, 4) is 11.5 Å². The maximum Gasteiger partial charge on any atom is 0.251 e. The van der Waals surface area contributed by atoms with Gasteiger partial charge in [0.05, 0.1) is 0 Å². The fourth-order valence-corrected chi connectivity index (χ4v) is 2.30. The Balaban J connectivity index is 0.00000192. The van der Waals surface area contributed by atoms with Crippen LogP contribution >= 0.6 is 12.4 Å². The third-order valence-corrected chi connectivity index (χ3v) is 3.82. The van der Waals surface area contributed by atoms with Gasteiger partial charge < -0.3 is 15.8 Å². The van der Waals surface area contributed by atoms with Gasteiger partial charge in [-0.05, 0) is 55.2 Å². The minimum atomic E-state index is -0.0950. The molecule has 1 aliphatic carbocycles. The zero-order valence-corrected chi connectivity index (χ0v) is 13.6. The van der Waals surface area contributed by atoms with Crippen molar-refractivity contribution in [2.45, 2.75) is 18.9 Å². The predicted octanol–water partition coefficient (Wildman–Crippen LogP) is 3.37. The second-order valence-electron chi connectivity index (χ2n) is 5.65. The largest absolute Gasteiger partial charge is 0.457 e. The number of ether oxygens (including phenoxy) is 1. The topological polar surface area (TPSA) is 64.3 Å². The molecule has 23 heavy (non-hydrogen) atoms. The van der Waals surface area contributed by atoms with E-state index >= 15 is 0 Å². The van der Waals surface area contributed by atoms with Crippen LogP contribution in [0.25, 0.3) is 0 Å². The van der Waals surface area contributed by atoms with E-state index in [1.54, 1.807) is 24.3 Å². The van der Waals surface area contributed by atoms with Crippen molar-refractivity contribution in [1.82, 2.24) is 5.32 Å². The Labute approximate surface area is 142 Å². The fraction of sp³-hybridized carbons (Fsp3) is 0.278. The van der Waals surface area contributed by atoms with E-state index in [-0.39, 0.29) is 24.4 Å². The van der Waals surface area contributed by atoms with Gasteiger partial charge in [0.15, 0.2) is 0 Å². The zero-order valence-electron chi connectivity index (χ0n) is 12.8. The minimum absolute atomic E-state index is 0. The third kappa shape index (κ3) is 4.98. The SMILES string of the molecule is Cl.NC(CNC(=O)c1ccc(Oc2ccccc2)cc1)C1CC1. The lowest BCUT2D eigenvalue weighted by molar-refractivity contribution is 0.0950. The fourth-order valence-electron chi connectivity index (χ4n) is 2.30. The number of carbonyl (C=O) groups excluding carboxylic acids is 1. The third-order valence-electron chi connectivity index (χ3n) is 3.82. The van der Waals surface area contributed by atoms with E-state index in [2.05, 4.69) is 5.32 Å². The summed E-state index contributed by atoms with van der Waals surface area (Å²) in [6.07, 6.45) is 2.37. The van der Waals surface area contributed by atoms with Gasteiger partial charge >= 0.3 is 0 Å². The maximum atomic E-state index is 12.1. The molecule has 1 aliphatic rings. The molecule has 122 valence electrons. The van der Waals surface area contributed by atoms with E-state index in [1.165, 1.54) is 12.8 Å². The summed E-state index contributed by atoms with van der Waals surface area (Å²) < 4.78 is 5.70. The number of nitrogens with one attached hydrogen (secondary N) is 1. The molecule has 2 aromatic rings. The summed E-state index contributed by atoms with van der Waals surface area (Å²) in [5.41, 5.74) is 6.59. The van der Waals surface area contributed by atoms with Crippen LogP contribution in [0.5, 0.6) is 11.5 Å². The monoisotopic (exact) mass is 332 g/mol. The first-order chi connectivity index (χ1) is 10.7. The molecule has 1 amide bonds. The predicted molar refractivity (Wildman–Crippen MR) is 93.2 cm³/mol. The number of rotatable bonds is 6. The quantitative estimate of drug-likeness (QED) is 0.852. The van der Waals surface area contributed by atoms with Crippen LogP contribution in [0.4, 0.5) is 0 Å². The molecule has 0 bridgehead atoms. The molecule has 0 aliphatic heterocycles. The summed E-state index contributed by atoms with van der Waals surface area (Å²) in [7, 11) is 0. The van der Waals surface area contributed by atoms with Crippen molar-refractivity contribution < 1.29 is 9.53 Å². The normalized spacial score (nSPS) is 14.5. The molecule has 1 unspecified atom stereocenters. The molecular weight excluding hydrogens is 312 g/mol. The minimum Gasteiger partial charge on any atom is -0.457 e. The number of para-hydroxylation sites is 1. The molecule has 1 fully saturated rings. The Kier molecular flexibility index (Phi) is 6.02. The van der Waals surface area contributed by atoms with E-state index in [0.717, 1.165) is 5.75 Å². The number of carbonyl (C=O) groups is 1. The first kappa shape index (κ1) is 17.3. The molecule has 1 saturated carbocycles. The van der Waals surface area contributed by atoms with E-state index in [1.807, 2.05) is 30.3 Å². The number of hydrogen-bond acceptors (Lipinski definition) is 3. The summed E-state index contributed by atoms with van der Waals surface area (Å²) in [6, 6.07) is 16.7. The van der Waals surface area contributed by atoms with Crippen molar-refractivity contribution in [2.75, 3.05) is 6.54 Å². The van der Waals surface area contributed by atoms with Gasteiger partial charge in [-0.3, -0.25) is 4.79 Å². The highest BCUT2D eigenvalue weighted by Gasteiger charge is 2.28. The van der Waals surface area contributed by atoms with Gasteiger partial charge in [-0.2, -0.15) is 0 Å². The van der Waals surface area contributed by atoms with Crippen LogP contribution in [0.3, 0.4) is 0 Å². The maximum absolute atomic E-state index is 12.1. The second kappa shape index (κ2) is 7.99. The molecule has 0 aromatic heterocycles. The van der Waals surface area contributed by atoms with E-state index in [9.17, 15) is 4.79 Å². The first-order valence-corrected chi connectivity index (χ1v) is 7.59. The number of nitrogens with two attached hydrogens (primary N) is 1. The Morgan fingerprint density at radius 3 is 2.30 bits per heavy atom. The van der Waals surface area contributed by atoms with Crippen LogP contribution in [0.1, 0.15) is 23.2 Å². The summed E-state index contributed by atoms with van der Waals surface area (Å²) in [5.74, 6) is 1.97. The van der Waals surface area contributed by atoms with Gasteiger partial charge in [0.2, 0.25) is 0 Å². The van der Waals surface area contributed by atoms with Crippen molar-refractivity contribution in [3.05, 3.63) is 60.2 Å². The summed E-state index contributed by atoms with van der Waals surface area (Å²) in [4.78, 5) is 12.1. The molecule has 1 atom stereocenters. The lowest BCUT2D eigenvalue weighted by Crippen LogP contribution is -2.38. The van der Waals surface area contributed by atoms with Gasteiger partial charge in [-0.25, -0.2) is 0 Å². The van der Waals surface area contributed by atoms with Crippen LogP contribution in [0, 0.1) is 5.92 Å². The van der Waals surface area contributed by atoms with Crippen LogP contribution in [0.15, 0.2) is 54.6 Å². The van der Waals surface area contributed by atoms with E-state index in [4.69, 9.17) is 10.5 Å². The number of hydrogen-bond donors (Lipinski definition) is 2. The standard InChI is InChI=1S/C18H20N2O2.ClH/c19-17(13-6-7-13)12-20-18(21)14-8-10-16(11-9-14)22-15-4-2-1-3-5-15;/h1-5,8-11,13,17H,6-7,12,19H2,(H,20,21);1H. The Morgan fingerprint density at radius 2 is 1.70 bits per heavy atom. The molecule has 0 spiro atoms. The highest BCUT2D eigenvalue weighted by atomic mass is 35.5. The molecule has 0 radical (unpaired) electrons. The van der Waals surface area contributed by atoms with Crippen LogP contribution in [-0.4, -0.2) is 18.5 Å². The Hall–Kier alpha value is -2.04. The molecule has 0 heterocycles. The highest BCUT2D eigenvalue weighted by molar-refractivity contribution is 5.94. The van der Waals surface area contributed by atoms with Gasteiger partial charge in [-0.15, -0.1) is 12.4 Å². The lowest BCUT2D eigenvalue weighted by Gasteiger charge is -2.12. The number of halogens is 1. The molecular formula is C18H21ClN2O2. The number of benzene rings is 2. The number of amides is 1. The lowest BCUT2D eigenvalue weighted by atomic mass is 10.1. The van der Waals surface area contributed by atoms with Gasteiger partial charge in [0.1, 0.15) is 11.5 Å². The highest BCUT2D eigenvalue weighted by Crippen LogP contribution is 2.31. The van der Waals surface area contributed by atoms with Crippen LogP contribution in [0.2, 0.25) is 0 Å². The molecule has 3 rings (SSSR count). The zero-order chi connectivity index (χ0) is 15.4. The average Bonchev–Trinajstić information content (AvgIpc) is 3.39. The van der Waals surface area contributed by atoms with E-state index in [0.29, 0.717) is 23.8 Å². The van der Waals surface area contributed by atoms with Crippen molar-refractivity contribution in [2.24, 2.45) is 11.7 Å². The van der Waals surface area contributed by atoms with Gasteiger partial charge in [0, 0.05) is 18.2 Å². The van der Waals surface area contributed by atoms with Crippen molar-refractivity contribution in [3.63, 3.8) is 0 Å². The molecule has 0 saturated heterocycles. The Bertz CT molecular complexity index is 627. The van der Waals surface area contributed by atoms with Crippen molar-refractivity contribution in [1.29, 1.82) is 0 Å². The second-order valence-corrected chi connectivity index (χ2v) is 5.65. The molecule has 2 aromatic carbocycles. The van der Waals surface area contributed by atoms with Crippen LogP contribution in [-0.2, 0) is 0 Å². The average molecular weight is 333 g/mol. The van der Waals surface area contributed by atoms with Gasteiger partial charge in [0.25, 0.3) is 5.91 Å². The van der Waals surface area contributed by atoms with E-state index < -0.39 is 0 Å². The molecule has 5 heteroatoms. The van der Waals surface area contributed by atoms with Crippen molar-refractivity contribution >= 4 is 18.3 Å². The van der Waals surface area contributed by atoms with Gasteiger partial charge in [-0.1, -0.05) is 18.2 Å². The Morgan fingerprint density at radius 1 is 1.09 bits per heavy atom.